The van der Waals surface area contributed by atoms with Gasteiger partial charge in [-0.15, -0.1) is 0 Å². The largest absolute Gasteiger partial charge is 0.394 e. The van der Waals surface area contributed by atoms with E-state index >= 15 is 0 Å². The predicted octanol–water partition coefficient (Wildman–Crippen LogP) is 12.8. The smallest absolute Gasteiger partial charge is 0.220 e. The van der Waals surface area contributed by atoms with Crippen molar-refractivity contribution in [3.63, 3.8) is 0 Å². The molecule has 0 radical (unpaired) electrons. The molecule has 0 aromatic heterocycles. The van der Waals surface area contributed by atoms with Gasteiger partial charge in [0.05, 0.1) is 32.0 Å². The van der Waals surface area contributed by atoms with E-state index in [0.29, 0.717) is 6.42 Å². The van der Waals surface area contributed by atoms with E-state index in [0.717, 1.165) is 57.8 Å². The maximum Gasteiger partial charge on any atom is 0.220 e. The maximum absolute atomic E-state index is 13.3. The van der Waals surface area contributed by atoms with Gasteiger partial charge in [-0.25, -0.2) is 0 Å². The summed E-state index contributed by atoms with van der Waals surface area (Å²) in [7, 11) is 0. The molecule has 2 rings (SSSR count). The van der Waals surface area contributed by atoms with Crippen LogP contribution in [0, 0.1) is 0 Å². The van der Waals surface area contributed by atoms with E-state index < -0.39 is 86.8 Å². The minimum Gasteiger partial charge on any atom is -0.394 e. The van der Waals surface area contributed by atoms with Crippen molar-refractivity contribution in [2.75, 3.05) is 19.8 Å². The Hall–Kier alpha value is -1.53. The van der Waals surface area contributed by atoms with Gasteiger partial charge in [0.25, 0.3) is 0 Å². The van der Waals surface area contributed by atoms with E-state index in [9.17, 15) is 45.6 Å². The van der Waals surface area contributed by atoms with Gasteiger partial charge in [0.1, 0.15) is 48.8 Å². The Morgan fingerprint density at radius 2 is 0.787 bits per heavy atom. The lowest BCUT2D eigenvalue weighted by atomic mass is 9.97. The fraction of sp³-hybridized carbons (Fsp3) is 0.924. The van der Waals surface area contributed by atoms with Crippen molar-refractivity contribution in [3.05, 3.63) is 24.3 Å². The van der Waals surface area contributed by atoms with Crippen LogP contribution in [-0.2, 0) is 23.7 Å². The highest BCUT2D eigenvalue weighted by Crippen LogP contribution is 2.30. The SMILES string of the molecule is CCCCCCCC/C=C\CCCCCCCC(=O)NC(COC1OC(CO)C(OC2OC(CO)C(O)C(O)C2O)C(O)C1O)C(O)/C=C/CCCCCCCCCCCCCCCCCCCCCCCCCCCCCCC. The number of amides is 1. The molecule has 2 heterocycles. The van der Waals surface area contributed by atoms with Gasteiger partial charge in [-0.05, 0) is 44.9 Å². The molecule has 0 saturated carbocycles. The van der Waals surface area contributed by atoms with Crippen LogP contribution in [0.4, 0.5) is 0 Å². The van der Waals surface area contributed by atoms with Crippen molar-refractivity contribution in [1.82, 2.24) is 5.32 Å². The van der Waals surface area contributed by atoms with Crippen LogP contribution >= 0.6 is 0 Å². The molecule has 14 nitrogen and oxygen atoms in total. The van der Waals surface area contributed by atoms with Gasteiger partial charge in [0.15, 0.2) is 12.6 Å². The molecule has 2 aliphatic heterocycles. The van der Waals surface area contributed by atoms with Crippen LogP contribution in [0.25, 0.3) is 0 Å². The van der Waals surface area contributed by atoms with Gasteiger partial charge >= 0.3 is 0 Å². The van der Waals surface area contributed by atoms with E-state index in [4.69, 9.17) is 18.9 Å². The molecule has 9 N–H and O–H groups in total. The molecule has 80 heavy (non-hydrogen) atoms. The zero-order valence-electron chi connectivity index (χ0n) is 51.1. The highest BCUT2D eigenvalue weighted by atomic mass is 16.7. The number of unbranched alkanes of at least 4 members (excludes halogenated alkanes) is 40. The molecule has 0 bridgehead atoms. The molecular weight excluding hydrogens is 1010 g/mol. The first-order valence-corrected chi connectivity index (χ1v) is 33.6. The van der Waals surface area contributed by atoms with Crippen molar-refractivity contribution in [2.45, 2.75) is 370 Å². The number of hydrogen-bond donors (Lipinski definition) is 9. The van der Waals surface area contributed by atoms with Crippen molar-refractivity contribution in [3.8, 4) is 0 Å². The highest BCUT2D eigenvalue weighted by Gasteiger charge is 2.51. The summed E-state index contributed by atoms with van der Waals surface area (Å²) < 4.78 is 22.8. The third kappa shape index (κ3) is 36.3. The zero-order valence-corrected chi connectivity index (χ0v) is 51.1. The molecule has 12 atom stereocenters. The van der Waals surface area contributed by atoms with Gasteiger partial charge in [0.2, 0.25) is 5.91 Å². The van der Waals surface area contributed by atoms with E-state index in [1.54, 1.807) is 6.08 Å². The number of aliphatic hydroxyl groups excluding tert-OH is 8. The highest BCUT2D eigenvalue weighted by molar-refractivity contribution is 5.76. The Labute approximate surface area is 488 Å². The Morgan fingerprint density at radius 1 is 0.438 bits per heavy atom. The summed E-state index contributed by atoms with van der Waals surface area (Å²) >= 11 is 0. The minimum absolute atomic E-state index is 0.244. The van der Waals surface area contributed by atoms with Crippen molar-refractivity contribution < 1.29 is 64.6 Å². The summed E-state index contributed by atoms with van der Waals surface area (Å²) in [6.45, 7) is 2.82. The normalized spacial score (nSPS) is 24.3. The summed E-state index contributed by atoms with van der Waals surface area (Å²) in [6.07, 6.45) is 46.7. The van der Waals surface area contributed by atoms with Gasteiger partial charge in [-0.2, -0.15) is 0 Å². The maximum atomic E-state index is 13.3. The van der Waals surface area contributed by atoms with E-state index in [2.05, 4.69) is 31.3 Å². The summed E-state index contributed by atoms with van der Waals surface area (Å²) in [6, 6.07) is -0.918. The molecule has 0 aromatic carbocycles. The Kier molecular flexibility index (Phi) is 48.3. The number of ether oxygens (including phenoxy) is 4. The molecule has 2 saturated heterocycles. The Morgan fingerprint density at radius 3 is 1.19 bits per heavy atom. The number of allylic oxidation sites excluding steroid dienone is 3. The Bertz CT molecular complexity index is 1440. The third-order valence-electron chi connectivity index (χ3n) is 16.6. The van der Waals surface area contributed by atoms with Crippen molar-refractivity contribution >= 4 is 5.91 Å². The molecule has 12 unspecified atom stereocenters. The van der Waals surface area contributed by atoms with Gasteiger partial charge in [0, 0.05) is 6.42 Å². The third-order valence-corrected chi connectivity index (χ3v) is 16.6. The van der Waals surface area contributed by atoms with Crippen LogP contribution < -0.4 is 5.32 Å². The number of aliphatic hydroxyl groups is 8. The van der Waals surface area contributed by atoms with Crippen LogP contribution in [0.15, 0.2) is 24.3 Å². The van der Waals surface area contributed by atoms with E-state index in [-0.39, 0.29) is 18.9 Å². The monoisotopic (exact) mass is 1140 g/mol. The van der Waals surface area contributed by atoms with Gasteiger partial charge in [-0.1, -0.05) is 269 Å². The summed E-state index contributed by atoms with van der Waals surface area (Å²) in [5, 5.41) is 87.2. The lowest BCUT2D eigenvalue weighted by Crippen LogP contribution is -2.65. The summed E-state index contributed by atoms with van der Waals surface area (Å²) in [5.41, 5.74) is 0. The van der Waals surface area contributed by atoms with E-state index in [1.807, 2.05) is 6.08 Å². The first-order chi connectivity index (χ1) is 39.1. The van der Waals surface area contributed by atoms with Gasteiger partial charge in [-0.3, -0.25) is 4.79 Å². The van der Waals surface area contributed by atoms with Crippen LogP contribution in [0.1, 0.15) is 296 Å². The standard InChI is InChI=1S/C66H125NO13/c1-3-5-7-9-11-13-15-17-19-20-21-22-23-24-25-26-27-28-29-30-31-32-33-34-36-37-39-41-43-45-47-49-55(70)54(67-58(71)50-48-46-44-42-40-38-35-18-16-14-12-10-8-6-4-2)53-77-65-63(76)61(74)64(57(52-69)79-65)80-66-62(75)60(73)59(72)56(51-68)78-66/h18,35,47,49,54-57,59-66,68-70,72-76H,3-17,19-34,36-46,48,50-53H2,1-2H3,(H,67,71)/b35-18-,49-47+. The first kappa shape index (κ1) is 74.6. The summed E-state index contributed by atoms with van der Waals surface area (Å²) in [5.74, 6) is -0.244. The van der Waals surface area contributed by atoms with Crippen LogP contribution in [0.2, 0.25) is 0 Å². The second kappa shape index (κ2) is 51.9. The number of rotatable bonds is 55. The first-order valence-electron chi connectivity index (χ1n) is 33.6. The predicted molar refractivity (Wildman–Crippen MR) is 323 cm³/mol. The average molecular weight is 1140 g/mol. The van der Waals surface area contributed by atoms with Gasteiger partial charge < -0.3 is 65.1 Å². The minimum atomic E-state index is -1.79. The molecule has 472 valence electrons. The summed E-state index contributed by atoms with van der Waals surface area (Å²) in [4.78, 5) is 13.3. The molecule has 0 aliphatic carbocycles. The average Bonchev–Trinajstić information content (AvgIpc) is 3.46. The van der Waals surface area contributed by atoms with Crippen LogP contribution in [0.5, 0.6) is 0 Å². The molecule has 0 spiro atoms. The molecular formula is C66H125NO13. The molecule has 2 fully saturated rings. The number of carbonyl (C=O) groups excluding carboxylic acids is 1. The molecule has 0 aromatic rings. The molecule has 2 aliphatic rings. The molecule has 14 heteroatoms. The van der Waals surface area contributed by atoms with E-state index in [1.165, 1.54) is 212 Å². The second-order valence-corrected chi connectivity index (χ2v) is 24.0. The number of nitrogens with one attached hydrogen (secondary N) is 1. The topological polar surface area (TPSA) is 228 Å². The van der Waals surface area contributed by atoms with Crippen LogP contribution in [-0.4, -0.2) is 140 Å². The van der Waals surface area contributed by atoms with Crippen molar-refractivity contribution in [2.24, 2.45) is 0 Å². The number of hydrogen-bond acceptors (Lipinski definition) is 13. The lowest BCUT2D eigenvalue weighted by Gasteiger charge is -2.46. The van der Waals surface area contributed by atoms with Crippen LogP contribution in [0.3, 0.4) is 0 Å². The fourth-order valence-corrected chi connectivity index (χ4v) is 11.2. The fourth-order valence-electron chi connectivity index (χ4n) is 11.2. The number of carbonyl (C=O) groups is 1. The Balaban J connectivity index is 1.66. The molecule has 1 amide bonds. The zero-order chi connectivity index (χ0) is 58.1. The van der Waals surface area contributed by atoms with Crippen molar-refractivity contribution in [1.29, 1.82) is 0 Å². The quantitative estimate of drug-likeness (QED) is 0.0204. The second-order valence-electron chi connectivity index (χ2n) is 24.0. The lowest BCUT2D eigenvalue weighted by molar-refractivity contribution is -0.359.